The highest BCUT2D eigenvalue weighted by atomic mass is 16.3. The van der Waals surface area contributed by atoms with Crippen molar-refractivity contribution in [2.24, 2.45) is 0 Å². The van der Waals surface area contributed by atoms with E-state index < -0.39 is 0 Å². The summed E-state index contributed by atoms with van der Waals surface area (Å²) >= 11 is 0. The first-order chi connectivity index (χ1) is 21.4. The van der Waals surface area contributed by atoms with E-state index in [9.17, 15) is 5.11 Å². The van der Waals surface area contributed by atoms with Crippen molar-refractivity contribution in [2.45, 2.75) is 58.8 Å². The van der Waals surface area contributed by atoms with Crippen molar-refractivity contribution < 1.29 is 9.52 Å². The Hall–Kier alpha value is -4.15. The lowest BCUT2D eigenvalue weighted by atomic mass is 9.83. The Morgan fingerprint density at radius 1 is 0.795 bits per heavy atom. The second kappa shape index (κ2) is 11.4. The molecule has 3 aliphatic rings. The standard InChI is InChI=1S/C40H43N2O2/c1-5-42(28-17-9-8-10-18-28)36-27(2)38-33(29-19-11-13-21-31(29)36)25-34-30-20-12-14-22-32(30)37-35(39(34)44-38)40(3,4)26-41(37)23-15-6-7-16-24-43/h8-14,17-22,25,43H,5-7,15-16,23-24,26H2,1-4H3/q+1. The van der Waals surface area contributed by atoms with Crippen LogP contribution >= 0.6 is 0 Å². The quantitative estimate of drug-likeness (QED) is 0.0842. The van der Waals surface area contributed by atoms with Gasteiger partial charge < -0.3 is 14.4 Å². The van der Waals surface area contributed by atoms with Crippen LogP contribution in [0, 0.1) is 6.92 Å². The summed E-state index contributed by atoms with van der Waals surface area (Å²) < 4.78 is 9.69. The largest absolute Gasteiger partial charge is 0.455 e. The molecule has 0 spiro atoms. The Bertz CT molecular complexity index is 2040. The number of rotatable bonds is 8. The number of aliphatic hydroxyl groups excluding tert-OH is 1. The van der Waals surface area contributed by atoms with Gasteiger partial charge in [0.1, 0.15) is 17.9 Å². The first-order valence-electron chi connectivity index (χ1n) is 16.3. The number of aliphatic hydroxyl groups is 1. The molecule has 0 radical (unpaired) electrons. The normalized spacial score (nSPS) is 15.1. The summed E-state index contributed by atoms with van der Waals surface area (Å²) in [6, 6.07) is 30.8. The number of anilines is 1. The van der Waals surface area contributed by atoms with Gasteiger partial charge in [-0.2, -0.15) is 4.58 Å². The second-order valence-electron chi connectivity index (χ2n) is 13.0. The molecule has 7 rings (SSSR count). The van der Waals surface area contributed by atoms with Crippen LogP contribution in [0.3, 0.4) is 0 Å². The Morgan fingerprint density at radius 2 is 1.45 bits per heavy atom. The number of benzene rings is 5. The molecular weight excluding hydrogens is 540 g/mol. The first-order valence-corrected chi connectivity index (χ1v) is 16.3. The van der Waals surface area contributed by atoms with Gasteiger partial charge in [0.15, 0.2) is 0 Å². The fourth-order valence-electron chi connectivity index (χ4n) is 7.73. The molecule has 1 aliphatic carbocycles. The highest BCUT2D eigenvalue weighted by Crippen LogP contribution is 2.51. The maximum absolute atomic E-state index is 9.24. The zero-order chi connectivity index (χ0) is 30.4. The van der Waals surface area contributed by atoms with Gasteiger partial charge in [-0.15, -0.1) is 0 Å². The molecule has 0 bridgehead atoms. The van der Waals surface area contributed by atoms with E-state index in [1.165, 1.54) is 60.4 Å². The van der Waals surface area contributed by atoms with Crippen LogP contribution in [0.2, 0.25) is 0 Å². The zero-order valence-electron chi connectivity index (χ0n) is 26.5. The molecule has 4 nitrogen and oxygen atoms in total. The minimum atomic E-state index is -0.0625. The smallest absolute Gasteiger partial charge is 0.220 e. The van der Waals surface area contributed by atoms with Crippen molar-refractivity contribution >= 4 is 43.9 Å². The Balaban J connectivity index is 1.57. The summed E-state index contributed by atoms with van der Waals surface area (Å²) in [5.74, 6) is 0.969. The SMILES string of the molecule is CC/[N+](c1ccccc1)=c1\c(C)c2oc3c4c(c5ccccc5c3cc-2c2ccccc12)N(CCCCCCO)CC4(C)C. The molecule has 0 unspecified atom stereocenters. The molecular formula is C40H43N2O2+. The third-order valence-corrected chi connectivity index (χ3v) is 9.66. The third-order valence-electron chi connectivity index (χ3n) is 9.66. The summed E-state index contributed by atoms with van der Waals surface area (Å²) in [7, 11) is 0. The number of hydrogen-bond acceptors (Lipinski definition) is 3. The molecule has 2 heterocycles. The van der Waals surface area contributed by atoms with E-state index in [0.717, 1.165) is 56.7 Å². The van der Waals surface area contributed by atoms with Gasteiger partial charge in [-0.25, -0.2) is 0 Å². The highest BCUT2D eigenvalue weighted by molar-refractivity contribution is 6.16. The molecule has 0 atom stereocenters. The zero-order valence-corrected chi connectivity index (χ0v) is 26.5. The summed E-state index contributed by atoms with van der Waals surface area (Å²) in [6.45, 7) is 12.3. The fourth-order valence-corrected chi connectivity index (χ4v) is 7.73. The Morgan fingerprint density at radius 3 is 2.18 bits per heavy atom. The van der Waals surface area contributed by atoms with Crippen LogP contribution in [0.1, 0.15) is 57.6 Å². The van der Waals surface area contributed by atoms with Gasteiger partial charge in [0.2, 0.25) is 11.0 Å². The molecule has 0 amide bonds. The van der Waals surface area contributed by atoms with E-state index in [2.05, 4.69) is 122 Å². The van der Waals surface area contributed by atoms with E-state index >= 15 is 0 Å². The van der Waals surface area contributed by atoms with Crippen molar-refractivity contribution in [3.63, 3.8) is 0 Å². The van der Waals surface area contributed by atoms with Crippen molar-refractivity contribution in [1.29, 1.82) is 0 Å². The monoisotopic (exact) mass is 583 g/mol. The summed E-state index contributed by atoms with van der Waals surface area (Å²) in [5, 5.41) is 16.7. The van der Waals surface area contributed by atoms with Gasteiger partial charge in [0.25, 0.3) is 0 Å². The molecule has 1 N–H and O–H groups in total. The molecule has 224 valence electrons. The fraction of sp³-hybridized carbons (Fsp3) is 0.325. The average molecular weight is 584 g/mol. The van der Waals surface area contributed by atoms with Crippen molar-refractivity contribution in [3.8, 4) is 11.3 Å². The lowest BCUT2D eigenvalue weighted by molar-refractivity contribution is 0.282. The molecule has 0 saturated heterocycles. The number of nitrogens with zero attached hydrogens (tertiary/aromatic N) is 2. The molecule has 0 saturated carbocycles. The number of para-hydroxylation sites is 1. The van der Waals surface area contributed by atoms with Crippen molar-refractivity contribution in [1.82, 2.24) is 4.58 Å². The predicted octanol–water partition coefficient (Wildman–Crippen LogP) is 8.93. The number of fused-ring (bicyclic) bond motifs is 9. The van der Waals surface area contributed by atoms with Crippen LogP contribution in [-0.4, -0.2) is 31.3 Å². The molecule has 2 aliphatic heterocycles. The van der Waals surface area contributed by atoms with E-state index in [-0.39, 0.29) is 12.0 Å². The molecule has 4 aromatic rings. The van der Waals surface area contributed by atoms with Gasteiger partial charge in [-0.3, -0.25) is 0 Å². The maximum atomic E-state index is 9.24. The maximum Gasteiger partial charge on any atom is 0.220 e. The summed E-state index contributed by atoms with van der Waals surface area (Å²) in [5.41, 5.74) is 7.14. The number of unbranched alkanes of at least 4 members (excludes halogenated alkanes) is 3. The predicted molar refractivity (Wildman–Crippen MR) is 185 cm³/mol. The van der Waals surface area contributed by atoms with Gasteiger partial charge in [-0.1, -0.05) is 87.4 Å². The Kier molecular flexibility index (Phi) is 7.42. The van der Waals surface area contributed by atoms with Crippen molar-refractivity contribution in [3.05, 3.63) is 101 Å². The molecule has 44 heavy (non-hydrogen) atoms. The van der Waals surface area contributed by atoms with Crippen LogP contribution in [0.5, 0.6) is 0 Å². The van der Waals surface area contributed by atoms with E-state index in [0.29, 0.717) is 0 Å². The third kappa shape index (κ3) is 4.59. The topological polar surface area (TPSA) is 39.6 Å². The van der Waals surface area contributed by atoms with Crippen LogP contribution in [-0.2, 0) is 5.41 Å². The Labute approximate surface area is 260 Å². The first kappa shape index (κ1) is 28.6. The van der Waals surface area contributed by atoms with E-state index in [1.54, 1.807) is 0 Å². The lowest BCUT2D eigenvalue weighted by Crippen LogP contribution is -2.29. The summed E-state index contributed by atoms with van der Waals surface area (Å²) in [6.07, 6.45) is 4.22. The minimum absolute atomic E-state index is 0.0625. The average Bonchev–Trinajstić information content (AvgIpc) is 3.33. The van der Waals surface area contributed by atoms with Gasteiger partial charge >= 0.3 is 0 Å². The van der Waals surface area contributed by atoms with Crippen LogP contribution in [0.25, 0.3) is 43.8 Å². The van der Waals surface area contributed by atoms with E-state index in [1.807, 2.05) is 0 Å². The lowest BCUT2D eigenvalue weighted by Gasteiger charge is -2.23. The number of hydrogen-bond donors (Lipinski definition) is 1. The molecule has 4 heteroatoms. The highest BCUT2D eigenvalue weighted by Gasteiger charge is 2.40. The van der Waals surface area contributed by atoms with Crippen molar-refractivity contribution in [2.75, 3.05) is 31.1 Å². The van der Waals surface area contributed by atoms with E-state index in [4.69, 9.17) is 4.42 Å². The molecule has 0 fully saturated rings. The summed E-state index contributed by atoms with van der Waals surface area (Å²) in [4.78, 5) is 2.60. The van der Waals surface area contributed by atoms with Gasteiger partial charge in [-0.05, 0) is 49.6 Å². The van der Waals surface area contributed by atoms with Crippen LogP contribution in [0.4, 0.5) is 11.4 Å². The second-order valence-corrected chi connectivity index (χ2v) is 13.0. The van der Waals surface area contributed by atoms with Crippen LogP contribution in [0.15, 0.2) is 89.3 Å². The van der Waals surface area contributed by atoms with Crippen LogP contribution < -0.4 is 14.8 Å². The minimum Gasteiger partial charge on any atom is -0.455 e. The van der Waals surface area contributed by atoms with Gasteiger partial charge in [0, 0.05) is 59.1 Å². The van der Waals surface area contributed by atoms with Gasteiger partial charge in [0.05, 0.1) is 16.6 Å². The molecule has 0 aromatic heterocycles. The molecule has 4 aromatic carbocycles.